The summed E-state index contributed by atoms with van der Waals surface area (Å²) in [6, 6.07) is 22.3. The molecule has 1 saturated heterocycles. The molecule has 0 aliphatic carbocycles. The van der Waals surface area contributed by atoms with Crippen molar-refractivity contribution in [3.05, 3.63) is 90.0 Å². The summed E-state index contributed by atoms with van der Waals surface area (Å²) in [4.78, 5) is 26.6. The zero-order valence-corrected chi connectivity index (χ0v) is 16.4. The van der Waals surface area contributed by atoms with Crippen molar-refractivity contribution in [1.82, 2.24) is 5.32 Å². The van der Waals surface area contributed by atoms with Gasteiger partial charge in [0.15, 0.2) is 5.11 Å². The summed E-state index contributed by atoms with van der Waals surface area (Å²) in [5.74, 6) is 0.287. The fourth-order valence-corrected chi connectivity index (χ4v) is 3.20. The number of ether oxygens (including phenoxy) is 1. The van der Waals surface area contributed by atoms with Crippen molar-refractivity contribution in [3.63, 3.8) is 0 Å². The number of amides is 2. The molecular weight excluding hydrogens is 400 g/mol. The number of anilines is 1. The Labute approximate surface area is 178 Å². The second-order valence-electron chi connectivity index (χ2n) is 6.46. The second-order valence-corrected chi connectivity index (χ2v) is 6.85. The lowest BCUT2D eigenvalue weighted by atomic mass is 10.1. The topological polar surface area (TPSA) is 78.9 Å². The van der Waals surface area contributed by atoms with Gasteiger partial charge in [0.2, 0.25) is 0 Å². The molecule has 1 heterocycles. The van der Waals surface area contributed by atoms with Crippen LogP contribution < -0.4 is 15.0 Å². The maximum absolute atomic E-state index is 13.0. The highest BCUT2D eigenvalue weighted by atomic mass is 32.1. The fourth-order valence-electron chi connectivity index (χ4n) is 2.92. The first kappa shape index (κ1) is 19.4. The third kappa shape index (κ3) is 4.06. The number of benzene rings is 3. The highest BCUT2D eigenvalue weighted by Crippen LogP contribution is 2.27. The molecule has 0 bridgehead atoms. The monoisotopic (exact) mass is 416 g/mol. The molecule has 0 spiro atoms. The Morgan fingerprint density at radius 1 is 0.867 bits per heavy atom. The van der Waals surface area contributed by atoms with E-state index in [0.717, 1.165) is 0 Å². The Hall–Kier alpha value is -3.97. The van der Waals surface area contributed by atoms with E-state index in [1.165, 1.54) is 23.1 Å². The molecule has 1 aliphatic rings. The summed E-state index contributed by atoms with van der Waals surface area (Å²) < 4.78 is 5.76. The van der Waals surface area contributed by atoms with Crippen molar-refractivity contribution < 1.29 is 19.4 Å². The maximum Gasteiger partial charge on any atom is 0.270 e. The van der Waals surface area contributed by atoms with Crippen LogP contribution in [0.25, 0.3) is 6.08 Å². The van der Waals surface area contributed by atoms with E-state index in [0.29, 0.717) is 22.7 Å². The van der Waals surface area contributed by atoms with Crippen LogP contribution in [0.15, 0.2) is 84.4 Å². The molecule has 1 aliphatic heterocycles. The van der Waals surface area contributed by atoms with Crippen LogP contribution in [0.5, 0.6) is 17.2 Å². The highest BCUT2D eigenvalue weighted by Gasteiger charge is 2.34. The van der Waals surface area contributed by atoms with Gasteiger partial charge in [0.25, 0.3) is 11.8 Å². The molecule has 0 aromatic heterocycles. The van der Waals surface area contributed by atoms with Crippen LogP contribution in [0.4, 0.5) is 5.69 Å². The lowest BCUT2D eigenvalue weighted by Gasteiger charge is -2.29. The fraction of sp³-hybridized carbons (Fsp3) is 0. The van der Waals surface area contributed by atoms with Crippen LogP contribution in [0.2, 0.25) is 0 Å². The van der Waals surface area contributed by atoms with Gasteiger partial charge in [0.1, 0.15) is 22.8 Å². The van der Waals surface area contributed by atoms with Crippen LogP contribution in [0.1, 0.15) is 5.56 Å². The van der Waals surface area contributed by atoms with Crippen LogP contribution in [0, 0.1) is 0 Å². The second kappa shape index (κ2) is 8.18. The molecule has 0 radical (unpaired) electrons. The average Bonchev–Trinajstić information content (AvgIpc) is 2.74. The number of hydrogen-bond acceptors (Lipinski definition) is 5. The first-order valence-electron chi connectivity index (χ1n) is 9.05. The molecule has 0 saturated carbocycles. The normalized spacial score (nSPS) is 15.3. The van der Waals surface area contributed by atoms with Gasteiger partial charge in [-0.25, -0.2) is 0 Å². The van der Waals surface area contributed by atoms with Crippen molar-refractivity contribution in [1.29, 1.82) is 0 Å². The van der Waals surface area contributed by atoms with Crippen LogP contribution in [-0.2, 0) is 9.59 Å². The number of aromatic hydroxyl groups is 1. The predicted octanol–water partition coefficient (Wildman–Crippen LogP) is 4.02. The van der Waals surface area contributed by atoms with Crippen molar-refractivity contribution in [3.8, 4) is 17.2 Å². The number of para-hydroxylation sites is 1. The summed E-state index contributed by atoms with van der Waals surface area (Å²) in [6.45, 7) is 0. The molecule has 6 nitrogen and oxygen atoms in total. The SMILES string of the molecule is O=C1NC(=S)N(c2ccc(Oc3ccccc3)cc2)C(=O)C1=Cc1ccc(O)cc1. The lowest BCUT2D eigenvalue weighted by Crippen LogP contribution is -2.54. The van der Waals surface area contributed by atoms with Gasteiger partial charge in [-0.15, -0.1) is 0 Å². The summed E-state index contributed by atoms with van der Waals surface area (Å²) in [5.41, 5.74) is 1.05. The van der Waals surface area contributed by atoms with E-state index in [9.17, 15) is 14.7 Å². The van der Waals surface area contributed by atoms with Gasteiger partial charge in [-0.05, 0) is 72.4 Å². The van der Waals surface area contributed by atoms with E-state index in [1.54, 1.807) is 36.4 Å². The molecule has 2 amide bonds. The van der Waals surface area contributed by atoms with Crippen molar-refractivity contribution >= 4 is 40.9 Å². The third-order valence-corrected chi connectivity index (χ3v) is 4.66. The van der Waals surface area contributed by atoms with Crippen LogP contribution in [0.3, 0.4) is 0 Å². The first-order valence-corrected chi connectivity index (χ1v) is 9.45. The molecule has 30 heavy (non-hydrogen) atoms. The number of carbonyl (C=O) groups is 2. The van der Waals surface area contributed by atoms with Crippen molar-refractivity contribution in [2.75, 3.05) is 4.90 Å². The molecule has 2 N–H and O–H groups in total. The van der Waals surface area contributed by atoms with E-state index in [1.807, 2.05) is 30.3 Å². The van der Waals surface area contributed by atoms with Gasteiger partial charge >= 0.3 is 0 Å². The van der Waals surface area contributed by atoms with Gasteiger partial charge < -0.3 is 9.84 Å². The van der Waals surface area contributed by atoms with Gasteiger partial charge in [-0.1, -0.05) is 30.3 Å². The molecule has 3 aromatic rings. The summed E-state index contributed by atoms with van der Waals surface area (Å²) in [7, 11) is 0. The number of nitrogens with one attached hydrogen (secondary N) is 1. The Balaban J connectivity index is 1.59. The van der Waals surface area contributed by atoms with Gasteiger partial charge in [-0.2, -0.15) is 0 Å². The quantitative estimate of drug-likeness (QED) is 0.382. The van der Waals surface area contributed by atoms with Gasteiger partial charge in [0, 0.05) is 0 Å². The van der Waals surface area contributed by atoms with Crippen LogP contribution >= 0.6 is 12.2 Å². The molecule has 0 unspecified atom stereocenters. The maximum atomic E-state index is 13.0. The Morgan fingerprint density at radius 3 is 2.17 bits per heavy atom. The number of rotatable bonds is 4. The number of carbonyl (C=O) groups excluding carboxylic acids is 2. The number of phenols is 1. The summed E-state index contributed by atoms with van der Waals surface area (Å²) in [5, 5.41) is 12.0. The Kier molecular flexibility index (Phi) is 5.28. The summed E-state index contributed by atoms with van der Waals surface area (Å²) >= 11 is 5.22. The van der Waals surface area contributed by atoms with E-state index in [4.69, 9.17) is 17.0 Å². The number of phenolic OH excluding ortho intramolecular Hbond substituents is 1. The number of hydrogen-bond donors (Lipinski definition) is 2. The lowest BCUT2D eigenvalue weighted by molar-refractivity contribution is -0.122. The minimum Gasteiger partial charge on any atom is -0.508 e. The molecule has 3 aromatic carbocycles. The minimum absolute atomic E-state index is 0.00424. The van der Waals surface area contributed by atoms with Gasteiger partial charge in [-0.3, -0.25) is 19.8 Å². The zero-order valence-electron chi connectivity index (χ0n) is 15.6. The predicted molar refractivity (Wildman–Crippen MR) is 117 cm³/mol. The number of nitrogens with zero attached hydrogens (tertiary/aromatic N) is 1. The largest absolute Gasteiger partial charge is 0.508 e. The van der Waals surface area contributed by atoms with E-state index >= 15 is 0 Å². The molecular formula is C23H16N2O4S. The van der Waals surface area contributed by atoms with E-state index in [-0.39, 0.29) is 16.4 Å². The molecule has 1 fully saturated rings. The van der Waals surface area contributed by atoms with Crippen molar-refractivity contribution in [2.24, 2.45) is 0 Å². The average molecular weight is 416 g/mol. The summed E-state index contributed by atoms with van der Waals surface area (Å²) in [6.07, 6.45) is 1.46. The first-order chi connectivity index (χ1) is 14.5. The van der Waals surface area contributed by atoms with Crippen molar-refractivity contribution in [2.45, 2.75) is 0 Å². The Morgan fingerprint density at radius 2 is 1.50 bits per heavy atom. The smallest absolute Gasteiger partial charge is 0.270 e. The Bertz CT molecular complexity index is 1140. The molecule has 4 rings (SSSR count). The van der Waals surface area contributed by atoms with Gasteiger partial charge in [0.05, 0.1) is 5.69 Å². The molecule has 7 heteroatoms. The molecule has 148 valence electrons. The van der Waals surface area contributed by atoms with E-state index in [2.05, 4.69) is 5.32 Å². The van der Waals surface area contributed by atoms with Crippen LogP contribution in [-0.4, -0.2) is 22.0 Å². The standard InChI is InChI=1S/C23H16N2O4S/c26-17-10-6-15(7-11-17)14-20-21(27)24-23(30)25(22(20)28)16-8-12-19(13-9-16)29-18-4-2-1-3-5-18/h1-14,26H,(H,24,27,30). The highest BCUT2D eigenvalue weighted by molar-refractivity contribution is 7.80. The molecule has 0 atom stereocenters. The zero-order chi connectivity index (χ0) is 21.1. The minimum atomic E-state index is -0.571. The number of thiocarbonyl (C=S) groups is 1. The van der Waals surface area contributed by atoms with E-state index < -0.39 is 11.8 Å². The third-order valence-electron chi connectivity index (χ3n) is 4.38.